The molecule has 7 nitrogen and oxygen atoms in total. The van der Waals surface area contributed by atoms with Crippen molar-refractivity contribution in [2.75, 3.05) is 11.5 Å². The highest BCUT2D eigenvalue weighted by atomic mass is 79.9. The van der Waals surface area contributed by atoms with Gasteiger partial charge in [-0.3, -0.25) is 0 Å². The number of hydrogen-bond donors (Lipinski definition) is 1. The lowest BCUT2D eigenvalue weighted by Gasteiger charge is -2.12. The molecule has 1 N–H and O–H groups in total. The summed E-state index contributed by atoms with van der Waals surface area (Å²) in [6, 6.07) is 12.0. The molecule has 10 heteroatoms. The summed E-state index contributed by atoms with van der Waals surface area (Å²) in [4.78, 5) is 12.1. The lowest BCUT2D eigenvalue weighted by Crippen LogP contribution is -2.35. The molecule has 28 heavy (non-hydrogen) atoms. The van der Waals surface area contributed by atoms with Gasteiger partial charge in [0.05, 0.1) is 22.0 Å². The molecule has 1 aliphatic rings. The first kappa shape index (κ1) is 21.0. The van der Waals surface area contributed by atoms with Crippen LogP contribution in [0.25, 0.3) is 0 Å². The molecule has 0 aromatic heterocycles. The number of nitrogens with one attached hydrogen (secondary N) is 1. The number of benzene rings is 2. The number of carbonyl (C=O) groups excluding carboxylic acids is 1. The predicted octanol–water partition coefficient (Wildman–Crippen LogP) is 2.27. The molecule has 1 unspecified atom stereocenters. The Bertz CT molecular complexity index is 1060. The first-order valence-electron chi connectivity index (χ1n) is 8.39. The van der Waals surface area contributed by atoms with Crippen LogP contribution in [0, 0.1) is 0 Å². The van der Waals surface area contributed by atoms with Crippen LogP contribution in [-0.4, -0.2) is 40.4 Å². The molecule has 0 spiro atoms. The molecule has 2 aromatic rings. The minimum absolute atomic E-state index is 0.0245. The number of esters is 1. The maximum Gasteiger partial charge on any atom is 0.338 e. The molecule has 150 valence electrons. The van der Waals surface area contributed by atoms with E-state index < -0.39 is 31.9 Å². The molecule has 1 aliphatic heterocycles. The molecule has 1 fully saturated rings. The maximum absolute atomic E-state index is 12.4. The maximum atomic E-state index is 12.4. The van der Waals surface area contributed by atoms with Gasteiger partial charge in [-0.15, -0.1) is 0 Å². The normalized spacial score (nSPS) is 18.7. The molecular formula is C18H18BrNO6S2. The minimum atomic E-state index is -3.87. The van der Waals surface area contributed by atoms with Crippen molar-refractivity contribution in [1.82, 2.24) is 4.72 Å². The summed E-state index contributed by atoms with van der Waals surface area (Å²) in [6.07, 6.45) is 0.252. The molecule has 0 saturated carbocycles. The Morgan fingerprint density at radius 3 is 2.32 bits per heavy atom. The van der Waals surface area contributed by atoms with Crippen molar-refractivity contribution in [3.63, 3.8) is 0 Å². The smallest absolute Gasteiger partial charge is 0.338 e. The zero-order valence-corrected chi connectivity index (χ0v) is 17.9. The third kappa shape index (κ3) is 5.40. The molecule has 1 heterocycles. The van der Waals surface area contributed by atoms with Crippen LogP contribution in [0.2, 0.25) is 0 Å². The highest BCUT2D eigenvalue weighted by Crippen LogP contribution is 2.17. The second kappa shape index (κ2) is 8.32. The van der Waals surface area contributed by atoms with E-state index in [0.717, 1.165) is 10.0 Å². The van der Waals surface area contributed by atoms with Gasteiger partial charge in [-0.25, -0.2) is 26.4 Å². The van der Waals surface area contributed by atoms with Crippen LogP contribution < -0.4 is 4.72 Å². The number of hydrogen-bond acceptors (Lipinski definition) is 6. The summed E-state index contributed by atoms with van der Waals surface area (Å²) in [5, 5.41) is 0. The van der Waals surface area contributed by atoms with Crippen molar-refractivity contribution in [3.05, 3.63) is 64.1 Å². The standard InChI is InChI=1S/C18H18BrNO6S2/c19-15-5-1-13(2-6-15)11-26-18(21)14-3-7-17(8-4-14)28(24,25)20-16-9-10-27(22,23)12-16/h1-8,16,20H,9-12H2. The number of sulfonamides is 1. The number of sulfone groups is 1. The fraction of sp³-hybridized carbons (Fsp3) is 0.278. The molecule has 0 aliphatic carbocycles. The summed E-state index contributed by atoms with van der Waals surface area (Å²) in [5.74, 6) is -0.794. The zero-order valence-electron chi connectivity index (χ0n) is 14.7. The van der Waals surface area contributed by atoms with E-state index >= 15 is 0 Å². The average molecular weight is 488 g/mol. The van der Waals surface area contributed by atoms with Gasteiger partial charge >= 0.3 is 5.97 Å². The first-order chi connectivity index (χ1) is 13.1. The fourth-order valence-corrected chi connectivity index (χ4v) is 6.07. The Morgan fingerprint density at radius 2 is 1.75 bits per heavy atom. The third-order valence-electron chi connectivity index (χ3n) is 4.24. The molecule has 1 saturated heterocycles. The van der Waals surface area contributed by atoms with Crippen LogP contribution in [0.15, 0.2) is 57.9 Å². The van der Waals surface area contributed by atoms with E-state index in [-0.39, 0.29) is 35.0 Å². The SMILES string of the molecule is O=C(OCc1ccc(Br)cc1)c1ccc(S(=O)(=O)NC2CCS(=O)(=O)C2)cc1. The summed E-state index contributed by atoms with van der Waals surface area (Å²) < 4.78 is 56.3. The second-order valence-corrected chi connectivity index (χ2v) is 11.3. The number of rotatable bonds is 6. The molecule has 1 atom stereocenters. The van der Waals surface area contributed by atoms with E-state index in [1.54, 1.807) is 0 Å². The van der Waals surface area contributed by atoms with Gasteiger partial charge in [0.25, 0.3) is 0 Å². The lowest BCUT2D eigenvalue weighted by atomic mass is 10.2. The van der Waals surface area contributed by atoms with E-state index in [4.69, 9.17) is 4.74 Å². The Kier molecular flexibility index (Phi) is 6.23. The van der Waals surface area contributed by atoms with Gasteiger partial charge in [-0.05, 0) is 48.4 Å². The van der Waals surface area contributed by atoms with Gasteiger partial charge in [0.15, 0.2) is 9.84 Å². The quantitative estimate of drug-likeness (QED) is 0.626. The molecular weight excluding hydrogens is 470 g/mol. The van der Waals surface area contributed by atoms with Crippen molar-refractivity contribution in [1.29, 1.82) is 0 Å². The van der Waals surface area contributed by atoms with E-state index in [9.17, 15) is 21.6 Å². The van der Waals surface area contributed by atoms with Crippen LogP contribution in [0.4, 0.5) is 0 Å². The van der Waals surface area contributed by atoms with E-state index in [1.165, 1.54) is 24.3 Å². The monoisotopic (exact) mass is 487 g/mol. The van der Waals surface area contributed by atoms with Crippen LogP contribution in [-0.2, 0) is 31.2 Å². The third-order valence-corrected chi connectivity index (χ3v) is 8.07. The first-order valence-corrected chi connectivity index (χ1v) is 12.5. The highest BCUT2D eigenvalue weighted by Gasteiger charge is 2.31. The Hall–Kier alpha value is -1.75. The predicted molar refractivity (Wildman–Crippen MR) is 107 cm³/mol. The van der Waals surface area contributed by atoms with Crippen LogP contribution >= 0.6 is 15.9 Å². The topological polar surface area (TPSA) is 107 Å². The summed E-state index contributed by atoms with van der Waals surface area (Å²) in [5.41, 5.74) is 1.05. The van der Waals surface area contributed by atoms with Crippen LogP contribution in [0.3, 0.4) is 0 Å². The van der Waals surface area contributed by atoms with Gasteiger partial charge in [0.2, 0.25) is 10.0 Å². The Balaban J connectivity index is 1.62. The van der Waals surface area contributed by atoms with Gasteiger partial charge in [-0.1, -0.05) is 28.1 Å². The average Bonchev–Trinajstić information content (AvgIpc) is 2.98. The van der Waals surface area contributed by atoms with Crippen molar-refractivity contribution in [2.45, 2.75) is 24.0 Å². The van der Waals surface area contributed by atoms with Gasteiger partial charge in [-0.2, -0.15) is 0 Å². The minimum Gasteiger partial charge on any atom is -0.457 e. The summed E-state index contributed by atoms with van der Waals surface area (Å²) in [7, 11) is -7.06. The zero-order chi connectivity index (χ0) is 20.4. The van der Waals surface area contributed by atoms with Crippen molar-refractivity contribution >= 4 is 41.8 Å². The Morgan fingerprint density at radius 1 is 1.11 bits per heavy atom. The fourth-order valence-electron chi connectivity index (χ4n) is 2.76. The molecule has 0 radical (unpaired) electrons. The Labute approximate surface area is 172 Å². The van der Waals surface area contributed by atoms with E-state index in [2.05, 4.69) is 20.7 Å². The van der Waals surface area contributed by atoms with Crippen LogP contribution in [0.5, 0.6) is 0 Å². The van der Waals surface area contributed by atoms with Gasteiger partial charge < -0.3 is 4.74 Å². The summed E-state index contributed by atoms with van der Waals surface area (Å²) in [6.45, 7) is 0.101. The second-order valence-electron chi connectivity index (χ2n) is 6.45. The largest absolute Gasteiger partial charge is 0.457 e. The van der Waals surface area contributed by atoms with E-state index in [0.29, 0.717) is 0 Å². The number of halogens is 1. The van der Waals surface area contributed by atoms with Gasteiger partial charge in [0, 0.05) is 10.5 Å². The number of ether oxygens (including phenoxy) is 1. The summed E-state index contributed by atoms with van der Waals surface area (Å²) >= 11 is 3.33. The molecule has 0 amide bonds. The van der Waals surface area contributed by atoms with Crippen molar-refractivity contribution in [2.24, 2.45) is 0 Å². The molecule has 0 bridgehead atoms. The number of carbonyl (C=O) groups is 1. The van der Waals surface area contributed by atoms with Crippen LogP contribution in [0.1, 0.15) is 22.3 Å². The van der Waals surface area contributed by atoms with Gasteiger partial charge in [0.1, 0.15) is 6.61 Å². The van der Waals surface area contributed by atoms with Crippen molar-refractivity contribution < 1.29 is 26.4 Å². The highest BCUT2D eigenvalue weighted by molar-refractivity contribution is 9.10. The lowest BCUT2D eigenvalue weighted by molar-refractivity contribution is 0.0472. The van der Waals surface area contributed by atoms with Crippen molar-refractivity contribution in [3.8, 4) is 0 Å². The molecule has 2 aromatic carbocycles. The molecule has 3 rings (SSSR count). The van der Waals surface area contributed by atoms with E-state index in [1.807, 2.05) is 24.3 Å².